The average Bonchev–Trinajstić information content (AvgIpc) is 2.86. The normalized spacial score (nSPS) is 16.3. The van der Waals surface area contributed by atoms with Crippen LogP contribution in [-0.2, 0) is 6.54 Å². The minimum Gasteiger partial charge on any atom is -0.313 e. The maximum atomic E-state index is 13.4. The molecule has 3 heteroatoms. The van der Waals surface area contributed by atoms with Crippen LogP contribution in [0.3, 0.4) is 0 Å². The third-order valence-electron chi connectivity index (χ3n) is 3.76. The van der Waals surface area contributed by atoms with Crippen molar-refractivity contribution in [3.8, 4) is 0 Å². The van der Waals surface area contributed by atoms with Crippen molar-refractivity contribution in [1.29, 1.82) is 0 Å². The largest absolute Gasteiger partial charge is 0.313 e. The fourth-order valence-electron chi connectivity index (χ4n) is 2.72. The molecule has 0 bridgehead atoms. The van der Waals surface area contributed by atoms with Gasteiger partial charge in [-0.25, -0.2) is 4.39 Å². The molecule has 0 aromatic heterocycles. The summed E-state index contributed by atoms with van der Waals surface area (Å²) >= 11 is 5.85. The molecule has 1 aliphatic rings. The van der Waals surface area contributed by atoms with Gasteiger partial charge in [-0.2, -0.15) is 0 Å². The van der Waals surface area contributed by atoms with Crippen molar-refractivity contribution in [2.45, 2.75) is 45.1 Å². The maximum Gasteiger partial charge on any atom is 0.127 e. The lowest BCUT2D eigenvalue weighted by Gasteiger charge is -2.09. The summed E-state index contributed by atoms with van der Waals surface area (Å²) in [5, 5.41) is 3.89. The lowest BCUT2D eigenvalue weighted by atomic mass is 10.0. The van der Waals surface area contributed by atoms with E-state index in [0.29, 0.717) is 17.1 Å². The Morgan fingerprint density at radius 1 is 1.28 bits per heavy atom. The van der Waals surface area contributed by atoms with Gasteiger partial charge in [0.25, 0.3) is 0 Å². The molecule has 0 heterocycles. The van der Waals surface area contributed by atoms with E-state index in [9.17, 15) is 4.39 Å². The second-order valence-electron chi connectivity index (χ2n) is 5.21. The number of hydrogen-bond acceptors (Lipinski definition) is 1. The molecule has 0 saturated heterocycles. The van der Waals surface area contributed by atoms with Crippen LogP contribution in [0, 0.1) is 11.7 Å². The summed E-state index contributed by atoms with van der Waals surface area (Å²) in [6, 6.07) is 4.71. The predicted octanol–water partition coefficient (Wildman–Crippen LogP) is 4.54. The average molecular weight is 270 g/mol. The van der Waals surface area contributed by atoms with Crippen molar-refractivity contribution < 1.29 is 4.39 Å². The maximum absolute atomic E-state index is 13.4. The first-order valence-corrected chi connectivity index (χ1v) is 7.28. The van der Waals surface area contributed by atoms with E-state index in [2.05, 4.69) is 5.32 Å². The SMILES string of the molecule is Fc1ccc(Cl)cc1CNCCCC1CCCC1. The van der Waals surface area contributed by atoms with E-state index < -0.39 is 0 Å². The zero-order valence-corrected chi connectivity index (χ0v) is 11.5. The third-order valence-corrected chi connectivity index (χ3v) is 4.00. The smallest absolute Gasteiger partial charge is 0.127 e. The van der Waals surface area contributed by atoms with Gasteiger partial charge in [-0.15, -0.1) is 0 Å². The van der Waals surface area contributed by atoms with Gasteiger partial charge in [0.1, 0.15) is 5.82 Å². The molecule has 0 unspecified atom stereocenters. The summed E-state index contributed by atoms with van der Waals surface area (Å²) in [5.41, 5.74) is 0.656. The van der Waals surface area contributed by atoms with E-state index in [1.54, 1.807) is 12.1 Å². The number of rotatable bonds is 6. The first-order valence-electron chi connectivity index (χ1n) is 6.90. The van der Waals surface area contributed by atoms with Gasteiger partial charge in [-0.1, -0.05) is 37.3 Å². The lowest BCUT2D eigenvalue weighted by molar-refractivity contribution is 0.468. The molecule has 0 aliphatic heterocycles. The van der Waals surface area contributed by atoms with Crippen molar-refractivity contribution in [2.75, 3.05) is 6.54 Å². The molecule has 1 aliphatic carbocycles. The van der Waals surface area contributed by atoms with Crippen molar-refractivity contribution in [3.05, 3.63) is 34.6 Å². The molecule has 1 saturated carbocycles. The Labute approximate surface area is 114 Å². The van der Waals surface area contributed by atoms with Crippen LogP contribution in [0.1, 0.15) is 44.1 Å². The Morgan fingerprint density at radius 3 is 2.83 bits per heavy atom. The number of halogens is 2. The molecule has 0 radical (unpaired) electrons. The quantitative estimate of drug-likeness (QED) is 0.748. The van der Waals surface area contributed by atoms with Gasteiger partial charge in [0.2, 0.25) is 0 Å². The molecular formula is C15H21ClFN. The Bertz CT molecular complexity index is 375. The summed E-state index contributed by atoms with van der Waals surface area (Å²) in [6.45, 7) is 1.53. The minimum absolute atomic E-state index is 0.178. The summed E-state index contributed by atoms with van der Waals surface area (Å²) in [5.74, 6) is 0.761. The van der Waals surface area contributed by atoms with Crippen LogP contribution >= 0.6 is 11.6 Å². The van der Waals surface area contributed by atoms with E-state index >= 15 is 0 Å². The van der Waals surface area contributed by atoms with Crippen LogP contribution in [0.15, 0.2) is 18.2 Å². The second kappa shape index (κ2) is 7.10. The van der Waals surface area contributed by atoms with E-state index in [1.807, 2.05) is 0 Å². The van der Waals surface area contributed by atoms with Gasteiger partial charge in [0.05, 0.1) is 0 Å². The number of benzene rings is 1. The Balaban J connectivity index is 1.64. The Hall–Kier alpha value is -0.600. The summed E-state index contributed by atoms with van der Waals surface area (Å²) in [4.78, 5) is 0. The third kappa shape index (κ3) is 4.25. The van der Waals surface area contributed by atoms with Gasteiger partial charge in [-0.05, 0) is 43.5 Å². The van der Waals surface area contributed by atoms with Crippen molar-refractivity contribution in [3.63, 3.8) is 0 Å². The molecule has 1 nitrogen and oxygen atoms in total. The first kappa shape index (κ1) is 13.8. The standard InChI is InChI=1S/C15H21ClFN/c16-14-7-8-15(17)13(10-14)11-18-9-3-6-12-4-1-2-5-12/h7-8,10,12,18H,1-6,9,11H2. The minimum atomic E-state index is -0.178. The molecule has 1 aromatic rings. The van der Waals surface area contributed by atoms with Crippen molar-refractivity contribution in [1.82, 2.24) is 5.32 Å². The molecule has 18 heavy (non-hydrogen) atoms. The Kier molecular flexibility index (Phi) is 5.45. The highest BCUT2D eigenvalue weighted by Gasteiger charge is 2.13. The van der Waals surface area contributed by atoms with Crippen LogP contribution in [0.2, 0.25) is 5.02 Å². The monoisotopic (exact) mass is 269 g/mol. The van der Waals surface area contributed by atoms with Crippen LogP contribution < -0.4 is 5.32 Å². The molecule has 0 atom stereocenters. The van der Waals surface area contributed by atoms with Gasteiger partial charge in [-0.3, -0.25) is 0 Å². The predicted molar refractivity (Wildman–Crippen MR) is 74.3 cm³/mol. The summed E-state index contributed by atoms with van der Waals surface area (Å²) in [7, 11) is 0. The van der Waals surface area contributed by atoms with Gasteiger partial charge < -0.3 is 5.32 Å². The lowest BCUT2D eigenvalue weighted by Crippen LogP contribution is -2.16. The highest BCUT2D eigenvalue weighted by molar-refractivity contribution is 6.30. The van der Waals surface area contributed by atoms with Crippen LogP contribution in [0.25, 0.3) is 0 Å². The second-order valence-corrected chi connectivity index (χ2v) is 5.64. The van der Waals surface area contributed by atoms with E-state index in [1.165, 1.54) is 44.6 Å². The summed E-state index contributed by atoms with van der Waals surface area (Å²) < 4.78 is 13.4. The zero-order valence-electron chi connectivity index (χ0n) is 10.7. The molecule has 1 N–H and O–H groups in total. The molecule has 0 spiro atoms. The van der Waals surface area contributed by atoms with Gasteiger partial charge in [0.15, 0.2) is 0 Å². The number of nitrogens with one attached hydrogen (secondary N) is 1. The van der Waals surface area contributed by atoms with E-state index in [0.717, 1.165) is 12.5 Å². The topological polar surface area (TPSA) is 12.0 Å². The molecule has 100 valence electrons. The van der Waals surface area contributed by atoms with E-state index in [4.69, 9.17) is 11.6 Å². The van der Waals surface area contributed by atoms with Crippen LogP contribution in [0.4, 0.5) is 4.39 Å². The molecular weight excluding hydrogens is 249 g/mol. The molecule has 1 aromatic carbocycles. The number of hydrogen-bond donors (Lipinski definition) is 1. The fraction of sp³-hybridized carbons (Fsp3) is 0.600. The molecule has 1 fully saturated rings. The summed E-state index contributed by atoms with van der Waals surface area (Å²) in [6.07, 6.45) is 8.13. The highest BCUT2D eigenvalue weighted by atomic mass is 35.5. The van der Waals surface area contributed by atoms with Crippen molar-refractivity contribution in [2.24, 2.45) is 5.92 Å². The van der Waals surface area contributed by atoms with Gasteiger partial charge in [0, 0.05) is 17.1 Å². The van der Waals surface area contributed by atoms with E-state index in [-0.39, 0.29) is 5.82 Å². The first-order chi connectivity index (χ1) is 8.75. The highest BCUT2D eigenvalue weighted by Crippen LogP contribution is 2.28. The van der Waals surface area contributed by atoms with Crippen molar-refractivity contribution >= 4 is 11.6 Å². The van der Waals surface area contributed by atoms with Gasteiger partial charge >= 0.3 is 0 Å². The van der Waals surface area contributed by atoms with Crippen LogP contribution in [0.5, 0.6) is 0 Å². The van der Waals surface area contributed by atoms with Crippen LogP contribution in [-0.4, -0.2) is 6.54 Å². The Morgan fingerprint density at radius 2 is 2.06 bits per heavy atom. The molecule has 0 amide bonds. The fourth-order valence-corrected chi connectivity index (χ4v) is 2.91. The zero-order chi connectivity index (χ0) is 12.8. The molecule has 2 rings (SSSR count).